The molecule has 0 spiro atoms. The highest BCUT2D eigenvalue weighted by Gasteiger charge is 2.27. The van der Waals surface area contributed by atoms with Crippen molar-refractivity contribution in [1.82, 2.24) is 19.5 Å². The zero-order chi connectivity index (χ0) is 13.7. The van der Waals surface area contributed by atoms with E-state index in [9.17, 15) is 8.42 Å². The van der Waals surface area contributed by atoms with Crippen molar-refractivity contribution in [1.29, 1.82) is 0 Å². The quantitative estimate of drug-likeness (QED) is 0.912. The first-order valence-electron chi connectivity index (χ1n) is 6.64. The van der Waals surface area contributed by atoms with Crippen LogP contribution in [0.3, 0.4) is 0 Å². The largest absolute Gasteiger partial charge is 0.307 e. The van der Waals surface area contributed by atoms with Gasteiger partial charge in [-0.3, -0.25) is 4.98 Å². The van der Waals surface area contributed by atoms with E-state index in [1.54, 1.807) is 12.3 Å². The van der Waals surface area contributed by atoms with Gasteiger partial charge in [-0.1, -0.05) is 0 Å². The summed E-state index contributed by atoms with van der Waals surface area (Å²) >= 11 is 0. The van der Waals surface area contributed by atoms with Crippen LogP contribution < -0.4 is 5.32 Å². The van der Waals surface area contributed by atoms with Gasteiger partial charge < -0.3 is 5.32 Å². The van der Waals surface area contributed by atoms with Gasteiger partial charge in [-0.25, -0.2) is 0 Å². The summed E-state index contributed by atoms with van der Waals surface area (Å²) in [5.41, 5.74) is 2.73. The van der Waals surface area contributed by atoms with Crippen LogP contribution in [0.5, 0.6) is 0 Å². The van der Waals surface area contributed by atoms with E-state index in [4.69, 9.17) is 0 Å². The van der Waals surface area contributed by atoms with Gasteiger partial charge in [-0.15, -0.1) is 0 Å². The monoisotopic (exact) mass is 290 g/mol. The van der Waals surface area contributed by atoms with E-state index in [-0.39, 0.29) is 4.90 Å². The molecule has 6 nitrogen and oxygen atoms in total. The molecule has 2 aromatic rings. The molecule has 0 unspecified atom stereocenters. The topological polar surface area (TPSA) is 76.9 Å². The normalized spacial score (nSPS) is 18.2. The Morgan fingerprint density at radius 3 is 2.75 bits per heavy atom. The van der Waals surface area contributed by atoms with Crippen LogP contribution in [0.15, 0.2) is 29.4 Å². The van der Waals surface area contributed by atoms with Crippen molar-refractivity contribution in [3.05, 3.63) is 41.5 Å². The summed E-state index contributed by atoms with van der Waals surface area (Å²) in [7, 11) is -3.62. The molecule has 0 saturated heterocycles. The summed E-state index contributed by atoms with van der Waals surface area (Å²) in [6.45, 7) is 1.29. The van der Waals surface area contributed by atoms with Crippen molar-refractivity contribution >= 4 is 10.0 Å². The van der Waals surface area contributed by atoms with Gasteiger partial charge in [0.2, 0.25) is 0 Å². The molecule has 1 saturated carbocycles. The molecule has 7 heteroatoms. The maximum Gasteiger partial charge on any atom is 0.284 e. The molecule has 2 aliphatic rings. The lowest BCUT2D eigenvalue weighted by Crippen LogP contribution is -2.15. The zero-order valence-electron chi connectivity index (χ0n) is 10.8. The molecule has 2 aromatic heterocycles. The fourth-order valence-electron chi connectivity index (χ4n) is 2.43. The Bertz CT molecular complexity index is 739. The van der Waals surface area contributed by atoms with Crippen LogP contribution in [-0.2, 0) is 23.1 Å². The third-order valence-corrected chi connectivity index (χ3v) is 5.28. The maximum atomic E-state index is 12.5. The summed E-state index contributed by atoms with van der Waals surface area (Å²) in [6.07, 6.45) is 5.32. The van der Waals surface area contributed by atoms with Crippen LogP contribution in [0.1, 0.15) is 35.7 Å². The molecule has 1 N–H and O–H groups in total. The van der Waals surface area contributed by atoms with Crippen LogP contribution in [-0.4, -0.2) is 22.6 Å². The van der Waals surface area contributed by atoms with Crippen LogP contribution in [0.25, 0.3) is 0 Å². The van der Waals surface area contributed by atoms with Crippen molar-refractivity contribution in [3.8, 4) is 0 Å². The van der Waals surface area contributed by atoms with Gasteiger partial charge in [-0.05, 0) is 25.0 Å². The second kappa shape index (κ2) is 4.13. The zero-order valence-corrected chi connectivity index (χ0v) is 11.6. The minimum Gasteiger partial charge on any atom is -0.307 e. The first kappa shape index (κ1) is 12.0. The molecular weight excluding hydrogens is 276 g/mol. The summed E-state index contributed by atoms with van der Waals surface area (Å²) < 4.78 is 26.0. The number of aromatic nitrogens is 3. The van der Waals surface area contributed by atoms with Crippen LogP contribution >= 0.6 is 0 Å². The highest BCUT2D eigenvalue weighted by atomic mass is 32.2. The Hall–Kier alpha value is -1.73. The fourth-order valence-corrected chi connectivity index (χ4v) is 3.54. The minimum absolute atomic E-state index is 0.191. The van der Waals surface area contributed by atoms with E-state index in [2.05, 4.69) is 15.4 Å². The Labute approximate surface area is 116 Å². The molecular formula is C13H14N4O2S. The van der Waals surface area contributed by atoms with Crippen molar-refractivity contribution in [2.45, 2.75) is 36.7 Å². The molecule has 0 radical (unpaired) electrons. The average Bonchev–Trinajstić information content (AvgIpc) is 3.06. The standard InChI is InChI=1S/C13H14N4O2S/c18-20(19,17-8-10-5-14-7-13(10)16-17)11-3-4-12(15-6-11)9-1-2-9/h3-4,6,8-9,14H,1-2,5,7H2. The first-order valence-corrected chi connectivity index (χ1v) is 8.08. The van der Waals surface area contributed by atoms with E-state index < -0.39 is 10.0 Å². The highest BCUT2D eigenvalue weighted by Crippen LogP contribution is 2.38. The molecule has 1 aliphatic heterocycles. The summed E-state index contributed by atoms with van der Waals surface area (Å²) in [4.78, 5) is 4.45. The van der Waals surface area contributed by atoms with E-state index in [0.29, 0.717) is 19.0 Å². The Morgan fingerprint density at radius 1 is 1.25 bits per heavy atom. The molecule has 0 aromatic carbocycles. The van der Waals surface area contributed by atoms with Gasteiger partial charge in [0.1, 0.15) is 4.90 Å². The van der Waals surface area contributed by atoms with E-state index in [1.807, 2.05) is 6.07 Å². The lowest BCUT2D eigenvalue weighted by molar-refractivity contribution is 0.577. The highest BCUT2D eigenvalue weighted by molar-refractivity contribution is 7.89. The predicted octanol–water partition coefficient (Wildman–Crippen LogP) is 0.996. The molecule has 4 rings (SSSR count). The SMILES string of the molecule is O=S(=O)(c1ccc(C2CC2)nc1)n1cc2c(n1)CNC2. The number of nitrogens with zero attached hydrogens (tertiary/aromatic N) is 3. The number of hydrogen-bond acceptors (Lipinski definition) is 5. The number of fused-ring (bicyclic) bond motifs is 1. The Morgan fingerprint density at radius 2 is 2.10 bits per heavy atom. The molecule has 20 heavy (non-hydrogen) atoms. The molecule has 1 aliphatic carbocycles. The van der Waals surface area contributed by atoms with Gasteiger partial charge in [0.05, 0.1) is 5.69 Å². The van der Waals surface area contributed by atoms with Crippen molar-refractivity contribution in [2.75, 3.05) is 0 Å². The number of rotatable bonds is 3. The van der Waals surface area contributed by atoms with Gasteiger partial charge >= 0.3 is 0 Å². The van der Waals surface area contributed by atoms with Crippen LogP contribution in [0, 0.1) is 0 Å². The molecule has 104 valence electrons. The first-order chi connectivity index (χ1) is 9.64. The lowest BCUT2D eigenvalue weighted by atomic mass is 10.2. The number of hydrogen-bond donors (Lipinski definition) is 1. The number of nitrogens with one attached hydrogen (secondary N) is 1. The fraction of sp³-hybridized carbons (Fsp3) is 0.385. The lowest BCUT2D eigenvalue weighted by Gasteiger charge is -2.05. The molecule has 3 heterocycles. The van der Waals surface area contributed by atoms with Crippen LogP contribution in [0.2, 0.25) is 0 Å². The predicted molar refractivity (Wildman–Crippen MR) is 71.6 cm³/mol. The third kappa shape index (κ3) is 1.85. The van der Waals surface area contributed by atoms with Crippen molar-refractivity contribution in [2.24, 2.45) is 0 Å². The Balaban J connectivity index is 1.70. The van der Waals surface area contributed by atoms with Crippen LogP contribution in [0.4, 0.5) is 0 Å². The molecule has 0 bridgehead atoms. The van der Waals surface area contributed by atoms with E-state index >= 15 is 0 Å². The van der Waals surface area contributed by atoms with E-state index in [0.717, 1.165) is 33.9 Å². The second-order valence-corrected chi connectivity index (χ2v) is 7.07. The van der Waals surface area contributed by atoms with Crippen molar-refractivity contribution in [3.63, 3.8) is 0 Å². The third-order valence-electron chi connectivity index (χ3n) is 3.76. The van der Waals surface area contributed by atoms with Gasteiger partial charge in [-0.2, -0.15) is 17.6 Å². The van der Waals surface area contributed by atoms with Gasteiger partial charge in [0.15, 0.2) is 0 Å². The maximum absolute atomic E-state index is 12.5. The Kier molecular flexibility index (Phi) is 2.49. The van der Waals surface area contributed by atoms with Gasteiger partial charge in [0, 0.05) is 42.7 Å². The number of pyridine rings is 1. The average molecular weight is 290 g/mol. The molecule has 1 fully saturated rings. The summed E-state index contributed by atoms with van der Waals surface area (Å²) in [5.74, 6) is 0.520. The molecule has 0 atom stereocenters. The second-order valence-electron chi connectivity index (χ2n) is 5.28. The molecule has 0 amide bonds. The van der Waals surface area contributed by atoms with E-state index in [1.165, 1.54) is 6.20 Å². The summed E-state index contributed by atoms with van der Waals surface area (Å²) in [6, 6.07) is 3.43. The summed E-state index contributed by atoms with van der Waals surface area (Å²) in [5, 5.41) is 7.28. The smallest absolute Gasteiger partial charge is 0.284 e. The minimum atomic E-state index is -3.62. The van der Waals surface area contributed by atoms with Gasteiger partial charge in [0.25, 0.3) is 10.0 Å². The van der Waals surface area contributed by atoms with Crippen molar-refractivity contribution < 1.29 is 8.42 Å².